The molecule has 0 spiro atoms. The monoisotopic (exact) mass is 316 g/mol. The molecule has 24 heavy (non-hydrogen) atoms. The lowest BCUT2D eigenvalue weighted by Crippen LogP contribution is -2.02. The fraction of sp³-hybridized carbons (Fsp3) is 0.0526. The molecule has 3 aromatic heterocycles. The van der Waals surface area contributed by atoms with E-state index in [2.05, 4.69) is 22.4 Å². The van der Waals surface area contributed by atoms with Gasteiger partial charge in [-0.05, 0) is 35.9 Å². The lowest BCUT2D eigenvalue weighted by molar-refractivity contribution is 0.629. The summed E-state index contributed by atoms with van der Waals surface area (Å²) in [6, 6.07) is 18.9. The Kier molecular flexibility index (Phi) is 2.70. The topological polar surface area (TPSA) is 35.1 Å². The first-order valence-corrected chi connectivity index (χ1v) is 7.77. The second-order valence-corrected chi connectivity index (χ2v) is 5.85. The van der Waals surface area contributed by atoms with Crippen molar-refractivity contribution < 1.29 is 4.39 Å². The van der Waals surface area contributed by atoms with Crippen LogP contribution < -0.4 is 0 Å². The molecule has 0 radical (unpaired) electrons. The molecule has 0 unspecified atom stereocenters. The zero-order chi connectivity index (χ0) is 16.1. The van der Waals surface area contributed by atoms with Crippen LogP contribution in [0.2, 0.25) is 0 Å². The van der Waals surface area contributed by atoms with Crippen molar-refractivity contribution in [1.29, 1.82) is 0 Å². The largest absolute Gasteiger partial charge is 0.314 e. The highest BCUT2D eigenvalue weighted by atomic mass is 19.1. The van der Waals surface area contributed by atoms with E-state index in [1.54, 1.807) is 6.07 Å². The van der Waals surface area contributed by atoms with Gasteiger partial charge >= 0.3 is 0 Å². The van der Waals surface area contributed by atoms with Crippen molar-refractivity contribution in [3.8, 4) is 0 Å². The standard InChI is InChI=1S/C19H13FN4/c20-14-8-9-15-17(11-14)23-10-4-7-16(23)19-18(15)21-22-24(19)12-13-5-2-1-3-6-13/h1-11H,12H2. The maximum atomic E-state index is 13.7. The molecule has 0 aliphatic heterocycles. The van der Waals surface area contributed by atoms with Gasteiger partial charge < -0.3 is 4.40 Å². The zero-order valence-corrected chi connectivity index (χ0v) is 12.7. The number of aromatic nitrogens is 4. The van der Waals surface area contributed by atoms with Gasteiger partial charge in [0.1, 0.15) is 16.9 Å². The van der Waals surface area contributed by atoms with Crippen molar-refractivity contribution in [3.63, 3.8) is 0 Å². The third kappa shape index (κ3) is 1.84. The molecule has 0 aliphatic carbocycles. The first kappa shape index (κ1) is 13.2. The molecule has 0 saturated heterocycles. The maximum absolute atomic E-state index is 13.7. The minimum absolute atomic E-state index is 0.256. The average molecular weight is 316 g/mol. The average Bonchev–Trinajstić information content (AvgIpc) is 3.23. The third-order valence-electron chi connectivity index (χ3n) is 4.38. The van der Waals surface area contributed by atoms with Gasteiger partial charge in [0, 0.05) is 11.6 Å². The summed E-state index contributed by atoms with van der Waals surface area (Å²) in [7, 11) is 0. The minimum Gasteiger partial charge on any atom is -0.314 e. The lowest BCUT2D eigenvalue weighted by Gasteiger charge is -2.08. The van der Waals surface area contributed by atoms with E-state index in [0.717, 1.165) is 33.0 Å². The van der Waals surface area contributed by atoms with E-state index in [0.29, 0.717) is 6.54 Å². The van der Waals surface area contributed by atoms with E-state index < -0.39 is 0 Å². The summed E-state index contributed by atoms with van der Waals surface area (Å²) >= 11 is 0. The van der Waals surface area contributed by atoms with Gasteiger partial charge in [-0.15, -0.1) is 5.10 Å². The summed E-state index contributed by atoms with van der Waals surface area (Å²) in [4.78, 5) is 0. The van der Waals surface area contributed by atoms with Crippen molar-refractivity contribution >= 4 is 27.5 Å². The molecule has 0 N–H and O–H groups in total. The molecule has 0 aliphatic rings. The smallest absolute Gasteiger partial charge is 0.125 e. The molecule has 5 aromatic rings. The Hall–Kier alpha value is -3.21. The van der Waals surface area contributed by atoms with E-state index in [1.807, 2.05) is 45.6 Å². The van der Waals surface area contributed by atoms with Crippen molar-refractivity contribution in [2.75, 3.05) is 0 Å². The zero-order valence-electron chi connectivity index (χ0n) is 12.7. The van der Waals surface area contributed by atoms with Crippen LogP contribution in [-0.4, -0.2) is 19.4 Å². The first-order chi connectivity index (χ1) is 11.8. The van der Waals surface area contributed by atoms with E-state index in [4.69, 9.17) is 0 Å². The van der Waals surface area contributed by atoms with Gasteiger partial charge in [-0.25, -0.2) is 9.07 Å². The van der Waals surface area contributed by atoms with Gasteiger partial charge in [-0.3, -0.25) is 0 Å². The van der Waals surface area contributed by atoms with Gasteiger partial charge in [0.05, 0.1) is 17.6 Å². The molecular weight excluding hydrogens is 303 g/mol. The Morgan fingerprint density at radius 3 is 2.67 bits per heavy atom. The van der Waals surface area contributed by atoms with Crippen LogP contribution in [0.25, 0.3) is 27.5 Å². The molecule has 0 bridgehead atoms. The summed E-state index contributed by atoms with van der Waals surface area (Å²) in [6.07, 6.45) is 1.94. The fourth-order valence-electron chi connectivity index (χ4n) is 3.30. The summed E-state index contributed by atoms with van der Waals surface area (Å²) in [5.41, 5.74) is 4.70. The van der Waals surface area contributed by atoms with Gasteiger partial charge in [-0.1, -0.05) is 35.5 Å². The summed E-state index contributed by atoms with van der Waals surface area (Å²) in [5.74, 6) is -0.256. The van der Waals surface area contributed by atoms with Crippen LogP contribution in [-0.2, 0) is 6.54 Å². The highest BCUT2D eigenvalue weighted by Crippen LogP contribution is 2.29. The fourth-order valence-corrected chi connectivity index (χ4v) is 3.30. The minimum atomic E-state index is -0.256. The summed E-state index contributed by atoms with van der Waals surface area (Å²) in [6.45, 7) is 0.644. The summed E-state index contributed by atoms with van der Waals surface area (Å²) < 4.78 is 17.6. The highest BCUT2D eigenvalue weighted by Gasteiger charge is 2.15. The van der Waals surface area contributed by atoms with Crippen LogP contribution in [0.5, 0.6) is 0 Å². The molecular formula is C19H13FN4. The molecule has 5 rings (SSSR count). The first-order valence-electron chi connectivity index (χ1n) is 7.77. The Morgan fingerprint density at radius 2 is 1.79 bits per heavy atom. The quantitative estimate of drug-likeness (QED) is 0.493. The van der Waals surface area contributed by atoms with E-state index in [9.17, 15) is 4.39 Å². The van der Waals surface area contributed by atoms with Gasteiger partial charge in [-0.2, -0.15) is 0 Å². The number of nitrogens with zero attached hydrogens (tertiary/aromatic N) is 4. The highest BCUT2D eigenvalue weighted by molar-refractivity contribution is 6.08. The van der Waals surface area contributed by atoms with Crippen LogP contribution in [0.4, 0.5) is 4.39 Å². The molecule has 5 heteroatoms. The van der Waals surface area contributed by atoms with Gasteiger partial charge in [0.25, 0.3) is 0 Å². The Morgan fingerprint density at radius 1 is 0.917 bits per heavy atom. The normalized spacial score (nSPS) is 11.7. The van der Waals surface area contributed by atoms with Gasteiger partial charge in [0.2, 0.25) is 0 Å². The van der Waals surface area contributed by atoms with Crippen molar-refractivity contribution in [2.24, 2.45) is 0 Å². The van der Waals surface area contributed by atoms with Crippen LogP contribution >= 0.6 is 0 Å². The lowest BCUT2D eigenvalue weighted by atomic mass is 10.1. The van der Waals surface area contributed by atoms with Crippen molar-refractivity contribution in [2.45, 2.75) is 6.54 Å². The van der Waals surface area contributed by atoms with Gasteiger partial charge in [0.15, 0.2) is 0 Å². The van der Waals surface area contributed by atoms with E-state index in [-0.39, 0.29) is 5.82 Å². The summed E-state index contributed by atoms with van der Waals surface area (Å²) in [5, 5.41) is 9.63. The SMILES string of the molecule is Fc1ccc2c3nnn(Cc4ccccc4)c3c3cccn3c2c1. The van der Waals surface area contributed by atoms with Crippen LogP contribution in [0.1, 0.15) is 5.56 Å². The van der Waals surface area contributed by atoms with Crippen LogP contribution in [0, 0.1) is 5.82 Å². The second-order valence-electron chi connectivity index (χ2n) is 5.85. The van der Waals surface area contributed by atoms with E-state index >= 15 is 0 Å². The Labute approximate surface area is 136 Å². The molecule has 116 valence electrons. The molecule has 2 aromatic carbocycles. The predicted molar refractivity (Wildman–Crippen MR) is 91.5 cm³/mol. The third-order valence-corrected chi connectivity index (χ3v) is 4.38. The molecule has 0 saturated carbocycles. The number of rotatable bonds is 2. The Balaban J connectivity index is 1.86. The van der Waals surface area contributed by atoms with Crippen LogP contribution in [0.15, 0.2) is 66.9 Å². The number of pyridine rings is 1. The Bertz CT molecular complexity index is 1190. The maximum Gasteiger partial charge on any atom is 0.125 e. The van der Waals surface area contributed by atoms with Crippen molar-refractivity contribution in [3.05, 3.63) is 78.2 Å². The molecule has 0 atom stereocenters. The number of halogens is 1. The van der Waals surface area contributed by atoms with Crippen LogP contribution in [0.3, 0.4) is 0 Å². The number of fused-ring (bicyclic) bond motifs is 6. The number of hydrogen-bond donors (Lipinski definition) is 0. The second kappa shape index (κ2) is 4.89. The number of hydrogen-bond acceptors (Lipinski definition) is 2. The predicted octanol–water partition coefficient (Wildman–Crippen LogP) is 4.02. The molecule has 0 amide bonds. The molecule has 3 heterocycles. The van der Waals surface area contributed by atoms with Crippen molar-refractivity contribution in [1.82, 2.24) is 19.4 Å². The molecule has 0 fully saturated rings. The van der Waals surface area contributed by atoms with E-state index in [1.165, 1.54) is 12.1 Å². The molecule has 4 nitrogen and oxygen atoms in total. The number of benzene rings is 2.